The van der Waals surface area contributed by atoms with Gasteiger partial charge in [-0.2, -0.15) is 13.2 Å². The molecule has 3 aromatic rings. The SMILES string of the molecule is CCCCCCCc1ccc(-c2cc(C(CCCC(=O)O)CCOC(C)C(F)(F)F)ccc2-c2ccccc2)nc1. The molecule has 0 aliphatic heterocycles. The summed E-state index contributed by atoms with van der Waals surface area (Å²) in [7, 11) is 0. The summed E-state index contributed by atoms with van der Waals surface area (Å²) in [5.41, 5.74) is 5.96. The second-order valence-corrected chi connectivity index (χ2v) is 10.7. The number of rotatable bonds is 17. The summed E-state index contributed by atoms with van der Waals surface area (Å²) >= 11 is 0. The van der Waals surface area contributed by atoms with Crippen LogP contribution in [0.3, 0.4) is 0 Å². The molecule has 0 radical (unpaired) electrons. The molecule has 3 rings (SSSR count). The van der Waals surface area contributed by atoms with Gasteiger partial charge in [-0.05, 0) is 79.3 Å². The lowest BCUT2D eigenvalue weighted by atomic mass is 9.86. The van der Waals surface area contributed by atoms with E-state index >= 15 is 0 Å². The molecule has 41 heavy (non-hydrogen) atoms. The standard InChI is InChI=1S/C34H42F3NO3/c1-3-4-5-6-8-12-26-17-20-32(38-24-26)31-23-29(18-19-30(31)28-13-9-7-10-14-28)27(15-11-16-33(39)40)21-22-41-25(2)34(35,36)37/h7,9-10,13-14,17-20,23-25,27H,3-6,8,11-12,15-16,21-22H2,1-2H3,(H,39,40). The van der Waals surface area contributed by atoms with E-state index in [1.54, 1.807) is 0 Å². The molecule has 0 amide bonds. The van der Waals surface area contributed by atoms with Gasteiger partial charge in [-0.25, -0.2) is 0 Å². The number of unbranched alkanes of at least 4 members (excludes halogenated alkanes) is 4. The number of benzene rings is 2. The fraction of sp³-hybridized carbons (Fsp3) is 0.471. The van der Waals surface area contributed by atoms with E-state index in [0.717, 1.165) is 47.7 Å². The predicted molar refractivity (Wildman–Crippen MR) is 158 cm³/mol. The van der Waals surface area contributed by atoms with Crippen LogP contribution < -0.4 is 0 Å². The molecule has 7 heteroatoms. The largest absolute Gasteiger partial charge is 0.481 e. The van der Waals surface area contributed by atoms with Crippen LogP contribution in [0.4, 0.5) is 13.2 Å². The van der Waals surface area contributed by atoms with E-state index in [9.17, 15) is 18.0 Å². The van der Waals surface area contributed by atoms with Crippen molar-refractivity contribution in [1.29, 1.82) is 0 Å². The van der Waals surface area contributed by atoms with Crippen LogP contribution in [0.1, 0.15) is 88.7 Å². The Morgan fingerprint density at radius 2 is 1.68 bits per heavy atom. The van der Waals surface area contributed by atoms with Crippen molar-refractivity contribution >= 4 is 5.97 Å². The average molecular weight is 570 g/mol. The molecule has 222 valence electrons. The number of aliphatic carboxylic acids is 1. The fourth-order valence-electron chi connectivity index (χ4n) is 5.02. The van der Waals surface area contributed by atoms with E-state index in [-0.39, 0.29) is 18.9 Å². The van der Waals surface area contributed by atoms with Gasteiger partial charge in [0.2, 0.25) is 0 Å². The van der Waals surface area contributed by atoms with Gasteiger partial charge in [-0.15, -0.1) is 0 Å². The molecule has 0 saturated carbocycles. The molecule has 1 N–H and O–H groups in total. The minimum atomic E-state index is -4.42. The summed E-state index contributed by atoms with van der Waals surface area (Å²) in [5.74, 6) is -1.04. The summed E-state index contributed by atoms with van der Waals surface area (Å²) in [6.07, 6.45) is 4.06. The topological polar surface area (TPSA) is 59.4 Å². The van der Waals surface area contributed by atoms with E-state index in [0.29, 0.717) is 19.3 Å². The first kappa shape index (κ1) is 32.3. The van der Waals surface area contributed by atoms with Gasteiger partial charge < -0.3 is 9.84 Å². The number of aromatic nitrogens is 1. The third-order valence-corrected chi connectivity index (χ3v) is 7.51. The molecule has 1 heterocycles. The maximum atomic E-state index is 13.0. The Morgan fingerprint density at radius 3 is 2.34 bits per heavy atom. The molecule has 0 fully saturated rings. The van der Waals surface area contributed by atoms with Gasteiger partial charge in [0.1, 0.15) is 0 Å². The van der Waals surface area contributed by atoms with E-state index in [4.69, 9.17) is 14.8 Å². The number of nitrogens with zero attached hydrogens (tertiary/aromatic N) is 1. The lowest BCUT2D eigenvalue weighted by Crippen LogP contribution is -2.29. The van der Waals surface area contributed by atoms with Crippen LogP contribution in [0.15, 0.2) is 66.9 Å². The summed E-state index contributed by atoms with van der Waals surface area (Å²) in [4.78, 5) is 16.0. The van der Waals surface area contributed by atoms with Crippen molar-refractivity contribution in [3.05, 3.63) is 78.0 Å². The molecule has 4 nitrogen and oxygen atoms in total. The average Bonchev–Trinajstić information content (AvgIpc) is 2.96. The molecule has 0 aliphatic carbocycles. The first-order valence-corrected chi connectivity index (χ1v) is 14.7. The Balaban J connectivity index is 1.88. The molecule has 0 aliphatic rings. The molecule has 0 bridgehead atoms. The Morgan fingerprint density at radius 1 is 0.927 bits per heavy atom. The second-order valence-electron chi connectivity index (χ2n) is 10.7. The zero-order chi connectivity index (χ0) is 29.7. The molecule has 0 saturated heterocycles. The van der Waals surface area contributed by atoms with Crippen molar-refractivity contribution in [2.24, 2.45) is 0 Å². The highest BCUT2D eigenvalue weighted by atomic mass is 19.4. The lowest BCUT2D eigenvalue weighted by molar-refractivity contribution is -0.214. The van der Waals surface area contributed by atoms with Gasteiger partial charge in [0.25, 0.3) is 0 Å². The lowest BCUT2D eigenvalue weighted by Gasteiger charge is -2.22. The summed E-state index contributed by atoms with van der Waals surface area (Å²) < 4.78 is 44.1. The highest BCUT2D eigenvalue weighted by molar-refractivity contribution is 5.82. The van der Waals surface area contributed by atoms with Crippen molar-refractivity contribution in [3.8, 4) is 22.4 Å². The Kier molecular flexibility index (Phi) is 12.9. The van der Waals surface area contributed by atoms with Gasteiger partial charge in [-0.3, -0.25) is 9.78 Å². The van der Waals surface area contributed by atoms with Gasteiger partial charge in [0, 0.05) is 24.8 Å². The van der Waals surface area contributed by atoms with Crippen LogP contribution in [0.2, 0.25) is 0 Å². The van der Waals surface area contributed by atoms with Crippen molar-refractivity contribution in [2.45, 2.75) is 96.3 Å². The zero-order valence-corrected chi connectivity index (χ0v) is 24.1. The number of halogens is 3. The van der Waals surface area contributed by atoms with Crippen molar-refractivity contribution in [1.82, 2.24) is 4.98 Å². The second kappa shape index (κ2) is 16.3. The number of aryl methyl sites for hydroxylation is 1. The summed E-state index contributed by atoms with van der Waals surface area (Å²) in [5, 5.41) is 9.15. The fourth-order valence-corrected chi connectivity index (χ4v) is 5.02. The van der Waals surface area contributed by atoms with Crippen LogP contribution in [0.25, 0.3) is 22.4 Å². The molecular formula is C34H42F3NO3. The molecule has 1 aromatic heterocycles. The number of carboxylic acid groups (broad SMARTS) is 1. The number of carboxylic acids is 1. The number of hydrogen-bond donors (Lipinski definition) is 1. The minimum absolute atomic E-state index is 0.00668. The first-order valence-electron chi connectivity index (χ1n) is 14.7. The third kappa shape index (κ3) is 10.6. The number of alkyl halides is 3. The van der Waals surface area contributed by atoms with E-state index in [1.165, 1.54) is 31.2 Å². The van der Waals surface area contributed by atoms with Crippen LogP contribution in [0.5, 0.6) is 0 Å². The van der Waals surface area contributed by atoms with E-state index in [2.05, 4.69) is 19.1 Å². The van der Waals surface area contributed by atoms with E-state index in [1.807, 2.05) is 54.7 Å². The zero-order valence-electron chi connectivity index (χ0n) is 24.1. The Hall–Kier alpha value is -3.19. The van der Waals surface area contributed by atoms with Crippen molar-refractivity contribution < 1.29 is 27.8 Å². The van der Waals surface area contributed by atoms with Gasteiger partial charge in [0.05, 0.1) is 5.69 Å². The van der Waals surface area contributed by atoms with Gasteiger partial charge in [-0.1, -0.05) is 81.1 Å². The van der Waals surface area contributed by atoms with Crippen LogP contribution in [0, 0.1) is 0 Å². The number of hydrogen-bond acceptors (Lipinski definition) is 3. The predicted octanol–water partition coefficient (Wildman–Crippen LogP) is 9.62. The summed E-state index contributed by atoms with van der Waals surface area (Å²) in [6, 6.07) is 20.3. The minimum Gasteiger partial charge on any atom is -0.481 e. The van der Waals surface area contributed by atoms with Crippen molar-refractivity contribution in [3.63, 3.8) is 0 Å². The quantitative estimate of drug-likeness (QED) is 0.164. The number of pyridine rings is 1. The molecular weight excluding hydrogens is 527 g/mol. The molecule has 2 unspecified atom stereocenters. The molecule has 2 aromatic carbocycles. The first-order chi connectivity index (χ1) is 19.7. The van der Waals surface area contributed by atoms with Crippen LogP contribution in [-0.4, -0.2) is 34.9 Å². The van der Waals surface area contributed by atoms with Crippen molar-refractivity contribution in [2.75, 3.05) is 6.61 Å². The van der Waals surface area contributed by atoms with Gasteiger partial charge in [0.15, 0.2) is 6.10 Å². The monoisotopic (exact) mass is 569 g/mol. The van der Waals surface area contributed by atoms with E-state index < -0.39 is 18.2 Å². The highest BCUT2D eigenvalue weighted by Crippen LogP contribution is 2.36. The maximum Gasteiger partial charge on any atom is 0.414 e. The van der Waals surface area contributed by atoms with Crippen LogP contribution >= 0.6 is 0 Å². The molecule has 2 atom stereocenters. The highest BCUT2D eigenvalue weighted by Gasteiger charge is 2.36. The summed E-state index contributed by atoms with van der Waals surface area (Å²) in [6.45, 7) is 3.15. The number of ether oxygens (including phenoxy) is 1. The maximum absolute atomic E-state index is 13.0. The van der Waals surface area contributed by atoms with Gasteiger partial charge >= 0.3 is 12.1 Å². The smallest absolute Gasteiger partial charge is 0.414 e. The number of carbonyl (C=O) groups is 1. The Bertz CT molecular complexity index is 1200. The normalized spacial score (nSPS) is 13.2. The third-order valence-electron chi connectivity index (χ3n) is 7.51. The Labute approximate surface area is 242 Å². The molecule has 0 spiro atoms. The van der Waals surface area contributed by atoms with Crippen LogP contribution in [-0.2, 0) is 16.0 Å².